The third kappa shape index (κ3) is 2.07. The first-order valence-electron chi connectivity index (χ1n) is 6.37. The Morgan fingerprint density at radius 1 is 1.20 bits per heavy atom. The van der Waals surface area contributed by atoms with Gasteiger partial charge >= 0.3 is 0 Å². The molecule has 102 valence electrons. The van der Waals surface area contributed by atoms with Gasteiger partial charge in [-0.1, -0.05) is 18.2 Å². The second-order valence-electron chi connectivity index (χ2n) is 4.62. The Morgan fingerprint density at radius 3 is 2.80 bits per heavy atom. The molecule has 0 bridgehead atoms. The summed E-state index contributed by atoms with van der Waals surface area (Å²) < 4.78 is 6.90. The number of benzene rings is 2. The van der Waals surface area contributed by atoms with Crippen molar-refractivity contribution in [2.75, 3.05) is 13.7 Å². The lowest BCUT2D eigenvalue weighted by Crippen LogP contribution is -2.03. The second kappa shape index (κ2) is 5.23. The first-order chi connectivity index (χ1) is 9.72. The number of rotatable bonds is 3. The van der Waals surface area contributed by atoms with Crippen molar-refractivity contribution in [3.63, 3.8) is 0 Å². The lowest BCUT2D eigenvalue weighted by Gasteiger charge is -2.08. The Kier molecular flexibility index (Phi) is 3.42. The molecule has 0 unspecified atom stereocenters. The van der Waals surface area contributed by atoms with Crippen LogP contribution in [0.25, 0.3) is 20.2 Å². The Balaban J connectivity index is 2.40. The normalized spacial score (nSPS) is 11.2. The quantitative estimate of drug-likeness (QED) is 0.751. The van der Waals surface area contributed by atoms with Crippen molar-refractivity contribution < 1.29 is 9.84 Å². The van der Waals surface area contributed by atoms with Crippen LogP contribution < -0.4 is 5.43 Å². The van der Waals surface area contributed by atoms with Crippen molar-refractivity contribution in [2.24, 2.45) is 0 Å². The summed E-state index contributed by atoms with van der Waals surface area (Å²) >= 11 is 1.54. The molecular formula is C16H14O3S. The monoisotopic (exact) mass is 286 g/mol. The average molecular weight is 286 g/mol. The molecule has 0 fully saturated rings. The van der Waals surface area contributed by atoms with Crippen molar-refractivity contribution in [2.45, 2.75) is 6.42 Å². The molecule has 0 saturated heterocycles. The summed E-state index contributed by atoms with van der Waals surface area (Å²) in [5, 5.41) is 11.1. The van der Waals surface area contributed by atoms with Crippen molar-refractivity contribution in [3.8, 4) is 5.75 Å². The number of fused-ring (bicyclic) bond motifs is 2. The molecule has 1 heterocycles. The van der Waals surface area contributed by atoms with Crippen LogP contribution in [0, 0.1) is 0 Å². The zero-order valence-corrected chi connectivity index (χ0v) is 11.9. The lowest BCUT2D eigenvalue weighted by atomic mass is 10.1. The average Bonchev–Trinajstić information content (AvgIpc) is 2.47. The van der Waals surface area contributed by atoms with E-state index in [1.54, 1.807) is 30.6 Å². The smallest absolute Gasteiger partial charge is 0.199 e. The van der Waals surface area contributed by atoms with E-state index in [1.165, 1.54) is 0 Å². The fourth-order valence-corrected chi connectivity index (χ4v) is 3.59. The maximum Gasteiger partial charge on any atom is 0.199 e. The molecule has 4 heteroatoms. The van der Waals surface area contributed by atoms with Crippen LogP contribution in [-0.4, -0.2) is 18.8 Å². The van der Waals surface area contributed by atoms with E-state index in [0.717, 1.165) is 21.4 Å². The molecule has 0 aliphatic rings. The van der Waals surface area contributed by atoms with Gasteiger partial charge in [0.05, 0.1) is 12.0 Å². The molecule has 0 aliphatic heterocycles. The zero-order valence-electron chi connectivity index (χ0n) is 11.1. The van der Waals surface area contributed by atoms with Crippen molar-refractivity contribution in [1.29, 1.82) is 0 Å². The van der Waals surface area contributed by atoms with E-state index >= 15 is 0 Å². The molecule has 0 aliphatic carbocycles. The standard InChI is InChI=1S/C16H14O3S/c1-19-9-8-10-6-7-12(17)14-15(18)11-4-2-3-5-13(11)20-16(10)14/h2-7,17H,8-9H2,1H3. The summed E-state index contributed by atoms with van der Waals surface area (Å²) in [5.74, 6) is 0.0492. The molecule has 1 aromatic heterocycles. The molecule has 0 radical (unpaired) electrons. The summed E-state index contributed by atoms with van der Waals surface area (Å²) in [4.78, 5) is 12.6. The Hall–Kier alpha value is -1.91. The highest BCUT2D eigenvalue weighted by atomic mass is 32.1. The van der Waals surface area contributed by atoms with Gasteiger partial charge in [-0.15, -0.1) is 11.3 Å². The number of ether oxygens (including phenoxy) is 1. The fourth-order valence-electron chi connectivity index (χ4n) is 2.35. The van der Waals surface area contributed by atoms with E-state index in [9.17, 15) is 9.90 Å². The molecule has 2 aromatic carbocycles. The van der Waals surface area contributed by atoms with Gasteiger partial charge in [-0.25, -0.2) is 0 Å². The highest BCUT2D eigenvalue weighted by Crippen LogP contribution is 2.32. The largest absolute Gasteiger partial charge is 0.507 e. The van der Waals surface area contributed by atoms with E-state index in [0.29, 0.717) is 17.4 Å². The molecule has 3 aromatic rings. The molecule has 0 atom stereocenters. The minimum atomic E-state index is -0.105. The number of methoxy groups -OCH3 is 1. The van der Waals surface area contributed by atoms with Crippen molar-refractivity contribution in [1.82, 2.24) is 0 Å². The number of phenols is 1. The van der Waals surface area contributed by atoms with Crippen LogP contribution in [-0.2, 0) is 11.2 Å². The molecule has 0 amide bonds. The van der Waals surface area contributed by atoms with E-state index in [1.807, 2.05) is 24.3 Å². The van der Waals surface area contributed by atoms with Crippen LogP contribution in [0.4, 0.5) is 0 Å². The molecule has 3 nitrogen and oxygen atoms in total. The molecule has 1 N–H and O–H groups in total. The van der Waals surface area contributed by atoms with E-state index in [-0.39, 0.29) is 11.2 Å². The Morgan fingerprint density at radius 2 is 2.00 bits per heavy atom. The zero-order chi connectivity index (χ0) is 14.1. The molecule has 20 heavy (non-hydrogen) atoms. The van der Waals surface area contributed by atoms with E-state index in [2.05, 4.69) is 0 Å². The summed E-state index contributed by atoms with van der Waals surface area (Å²) in [7, 11) is 1.65. The summed E-state index contributed by atoms with van der Waals surface area (Å²) in [6.07, 6.45) is 0.724. The van der Waals surface area contributed by atoms with Crippen LogP contribution in [0.1, 0.15) is 5.56 Å². The molecule has 0 spiro atoms. The van der Waals surface area contributed by atoms with Crippen LogP contribution in [0.5, 0.6) is 5.75 Å². The van der Waals surface area contributed by atoms with Gasteiger partial charge in [-0.2, -0.15) is 0 Å². The van der Waals surface area contributed by atoms with Gasteiger partial charge in [-0.3, -0.25) is 4.79 Å². The van der Waals surface area contributed by atoms with E-state index in [4.69, 9.17) is 4.74 Å². The number of phenolic OH excluding ortho intramolecular Hbond substituents is 1. The van der Waals surface area contributed by atoms with Gasteiger partial charge in [0.2, 0.25) is 0 Å². The van der Waals surface area contributed by atoms with Crippen LogP contribution in [0.3, 0.4) is 0 Å². The predicted octanol–water partition coefficient (Wildman–Crippen LogP) is 3.31. The molecular weight excluding hydrogens is 272 g/mol. The van der Waals surface area contributed by atoms with Gasteiger partial charge in [0.25, 0.3) is 0 Å². The van der Waals surface area contributed by atoms with Gasteiger partial charge in [0.1, 0.15) is 5.75 Å². The summed E-state index contributed by atoms with van der Waals surface area (Å²) in [6, 6.07) is 11.0. The maximum atomic E-state index is 12.6. The number of hydrogen-bond donors (Lipinski definition) is 1. The second-order valence-corrected chi connectivity index (χ2v) is 5.67. The fraction of sp³-hybridized carbons (Fsp3) is 0.188. The maximum absolute atomic E-state index is 12.6. The summed E-state index contributed by atoms with van der Waals surface area (Å²) in [6.45, 7) is 0.591. The van der Waals surface area contributed by atoms with Gasteiger partial charge in [0, 0.05) is 21.9 Å². The first kappa shape index (κ1) is 13.1. The Bertz CT molecular complexity index is 836. The van der Waals surface area contributed by atoms with Crippen molar-refractivity contribution in [3.05, 3.63) is 52.2 Å². The van der Waals surface area contributed by atoms with Crippen LogP contribution >= 0.6 is 11.3 Å². The minimum absolute atomic E-state index is 0.0492. The van der Waals surface area contributed by atoms with Gasteiger partial charge in [0.15, 0.2) is 5.43 Å². The number of aromatic hydroxyl groups is 1. The predicted molar refractivity (Wildman–Crippen MR) is 82.8 cm³/mol. The lowest BCUT2D eigenvalue weighted by molar-refractivity contribution is 0.202. The SMILES string of the molecule is COCCc1ccc(O)c2c(=O)c3ccccc3sc12. The third-order valence-corrected chi connectivity index (χ3v) is 4.61. The number of hydrogen-bond acceptors (Lipinski definition) is 4. The molecule has 0 saturated carbocycles. The van der Waals surface area contributed by atoms with Crippen LogP contribution in [0.2, 0.25) is 0 Å². The van der Waals surface area contributed by atoms with Gasteiger partial charge in [-0.05, 0) is 30.2 Å². The third-order valence-electron chi connectivity index (χ3n) is 3.36. The van der Waals surface area contributed by atoms with Crippen LogP contribution in [0.15, 0.2) is 41.2 Å². The highest BCUT2D eigenvalue weighted by Gasteiger charge is 2.12. The highest BCUT2D eigenvalue weighted by molar-refractivity contribution is 7.24. The minimum Gasteiger partial charge on any atom is -0.507 e. The van der Waals surface area contributed by atoms with Crippen molar-refractivity contribution >= 4 is 31.5 Å². The summed E-state index contributed by atoms with van der Waals surface area (Å²) in [5.41, 5.74) is 0.929. The van der Waals surface area contributed by atoms with E-state index < -0.39 is 0 Å². The van der Waals surface area contributed by atoms with Gasteiger partial charge < -0.3 is 9.84 Å². The first-order valence-corrected chi connectivity index (χ1v) is 7.19. The Labute approximate surface area is 120 Å². The topological polar surface area (TPSA) is 46.5 Å². The molecule has 3 rings (SSSR count).